The number of carbonyl (C=O) groups excluding carboxylic acids is 3. The van der Waals surface area contributed by atoms with Gasteiger partial charge in [-0.3, -0.25) is 4.79 Å². The Morgan fingerprint density at radius 2 is 1.26 bits per heavy atom. The van der Waals surface area contributed by atoms with Crippen LogP contribution in [-0.4, -0.2) is 41.1 Å². The van der Waals surface area contributed by atoms with Gasteiger partial charge in [0.15, 0.2) is 12.2 Å². The summed E-state index contributed by atoms with van der Waals surface area (Å²) in [4.78, 5) is 39.8. The Kier molecular flexibility index (Phi) is 5.83. The number of ether oxygens (including phenoxy) is 3. The van der Waals surface area contributed by atoms with E-state index in [-0.39, 0.29) is 23.5 Å². The molecule has 3 fully saturated rings. The molecule has 0 radical (unpaired) electrons. The van der Waals surface area contributed by atoms with E-state index in [2.05, 4.69) is 0 Å². The molecule has 35 heavy (non-hydrogen) atoms. The zero-order valence-electron chi connectivity index (χ0n) is 20.6. The first-order chi connectivity index (χ1) is 16.7. The van der Waals surface area contributed by atoms with Gasteiger partial charge in [0.2, 0.25) is 0 Å². The minimum absolute atomic E-state index is 0.0736. The highest BCUT2D eigenvalue weighted by Gasteiger charge is 2.82. The first-order valence-corrected chi connectivity index (χ1v) is 12.5. The molecule has 3 aliphatic rings. The standard InChI is InChI=1S/C29H32O6/c1-17(2)28-21-15-16-22(30)23(21)29(35-28,18(3)4)25(34-27(32)20-13-9-6-10-14-20)24(28)33-26(31)19-11-7-5-8-12-19/h5-14,17-18,21,23-25H,15-16H2,1-4H3. The molecule has 1 saturated carbocycles. The molecule has 2 saturated heterocycles. The second kappa shape index (κ2) is 8.59. The molecule has 5 rings (SSSR count). The van der Waals surface area contributed by atoms with Crippen molar-refractivity contribution < 1.29 is 28.6 Å². The number of Topliss-reactive ketones (excluding diaryl/α,β-unsaturated/α-hetero) is 1. The van der Waals surface area contributed by atoms with Crippen molar-refractivity contribution in [2.45, 2.75) is 63.9 Å². The highest BCUT2D eigenvalue weighted by atomic mass is 16.7. The predicted molar refractivity (Wildman–Crippen MR) is 129 cm³/mol. The van der Waals surface area contributed by atoms with E-state index in [1.165, 1.54) is 0 Å². The zero-order chi connectivity index (χ0) is 25.0. The van der Waals surface area contributed by atoms with Gasteiger partial charge in [-0.2, -0.15) is 0 Å². The zero-order valence-corrected chi connectivity index (χ0v) is 20.6. The summed E-state index contributed by atoms with van der Waals surface area (Å²) in [6, 6.07) is 17.5. The average molecular weight is 477 g/mol. The van der Waals surface area contributed by atoms with Gasteiger partial charge in [0.1, 0.15) is 17.0 Å². The lowest BCUT2D eigenvalue weighted by atomic mass is 9.59. The number of hydrogen-bond acceptors (Lipinski definition) is 6. The fourth-order valence-electron chi connectivity index (χ4n) is 6.82. The first kappa shape index (κ1) is 23.7. The molecule has 2 aromatic carbocycles. The van der Waals surface area contributed by atoms with Crippen LogP contribution in [0.3, 0.4) is 0 Å². The van der Waals surface area contributed by atoms with Crippen LogP contribution in [0, 0.1) is 23.7 Å². The smallest absolute Gasteiger partial charge is 0.338 e. The largest absolute Gasteiger partial charge is 0.452 e. The van der Waals surface area contributed by atoms with E-state index in [1.807, 2.05) is 39.8 Å². The fraction of sp³-hybridized carbons (Fsp3) is 0.483. The van der Waals surface area contributed by atoms with Gasteiger partial charge in [-0.05, 0) is 42.5 Å². The number of esters is 2. The number of benzene rings is 2. The van der Waals surface area contributed by atoms with Gasteiger partial charge in [0, 0.05) is 12.3 Å². The Bertz CT molecular complexity index is 1130. The van der Waals surface area contributed by atoms with Crippen molar-refractivity contribution in [1.82, 2.24) is 0 Å². The highest BCUT2D eigenvalue weighted by Crippen LogP contribution is 2.67. The quantitative estimate of drug-likeness (QED) is 0.554. The van der Waals surface area contributed by atoms with Gasteiger partial charge in [-0.15, -0.1) is 0 Å². The lowest BCUT2D eigenvalue weighted by molar-refractivity contribution is -0.149. The minimum atomic E-state index is -1.06. The van der Waals surface area contributed by atoms with Gasteiger partial charge in [0.05, 0.1) is 17.0 Å². The summed E-state index contributed by atoms with van der Waals surface area (Å²) in [6.07, 6.45) is -0.610. The third-order valence-corrected chi connectivity index (χ3v) is 8.33. The molecule has 1 aliphatic carbocycles. The summed E-state index contributed by atoms with van der Waals surface area (Å²) in [5, 5.41) is 0. The van der Waals surface area contributed by atoms with Crippen molar-refractivity contribution in [2.75, 3.05) is 0 Å². The minimum Gasteiger partial charge on any atom is -0.452 e. The van der Waals surface area contributed by atoms with E-state index in [0.29, 0.717) is 24.0 Å². The Morgan fingerprint density at radius 1 is 0.800 bits per heavy atom. The van der Waals surface area contributed by atoms with Crippen molar-refractivity contribution in [3.8, 4) is 0 Å². The van der Waals surface area contributed by atoms with Crippen LogP contribution in [0.4, 0.5) is 0 Å². The summed E-state index contributed by atoms with van der Waals surface area (Å²) in [5.41, 5.74) is -1.17. The van der Waals surface area contributed by atoms with E-state index >= 15 is 0 Å². The van der Waals surface area contributed by atoms with Crippen LogP contribution in [-0.2, 0) is 19.0 Å². The van der Waals surface area contributed by atoms with E-state index in [0.717, 1.165) is 0 Å². The molecule has 6 unspecified atom stereocenters. The summed E-state index contributed by atoms with van der Waals surface area (Å²) < 4.78 is 19.3. The summed E-state index contributed by atoms with van der Waals surface area (Å²) in [5.74, 6) is -1.59. The molecule has 2 heterocycles. The molecule has 6 nitrogen and oxygen atoms in total. The molecule has 0 amide bonds. The van der Waals surface area contributed by atoms with Crippen molar-refractivity contribution in [2.24, 2.45) is 23.7 Å². The molecule has 0 aromatic heterocycles. The van der Waals surface area contributed by atoms with Gasteiger partial charge in [0.25, 0.3) is 0 Å². The van der Waals surface area contributed by atoms with Crippen molar-refractivity contribution in [1.29, 1.82) is 0 Å². The van der Waals surface area contributed by atoms with Crippen LogP contribution in [0.2, 0.25) is 0 Å². The molecule has 184 valence electrons. The Morgan fingerprint density at radius 3 is 1.71 bits per heavy atom. The first-order valence-electron chi connectivity index (χ1n) is 12.5. The maximum absolute atomic E-state index is 13.3. The third kappa shape index (κ3) is 3.37. The lowest BCUT2D eigenvalue weighted by Gasteiger charge is -2.46. The fourth-order valence-corrected chi connectivity index (χ4v) is 6.82. The Hall–Kier alpha value is -2.99. The number of carbonyl (C=O) groups is 3. The number of ketones is 1. The van der Waals surface area contributed by atoms with E-state index in [9.17, 15) is 14.4 Å². The summed E-state index contributed by atoms with van der Waals surface area (Å²) >= 11 is 0. The topological polar surface area (TPSA) is 78.9 Å². The van der Waals surface area contributed by atoms with Crippen LogP contribution >= 0.6 is 0 Å². The number of fused-ring (bicyclic) bond motifs is 5. The van der Waals surface area contributed by atoms with E-state index in [1.54, 1.807) is 48.5 Å². The van der Waals surface area contributed by atoms with Crippen LogP contribution in [0.15, 0.2) is 60.7 Å². The predicted octanol–water partition coefficient (Wildman–Crippen LogP) is 4.87. The maximum atomic E-state index is 13.3. The molecule has 6 heteroatoms. The van der Waals surface area contributed by atoms with E-state index < -0.39 is 41.3 Å². The average Bonchev–Trinajstić information content (AvgIpc) is 3.48. The molecule has 0 spiro atoms. The summed E-state index contributed by atoms with van der Waals surface area (Å²) in [6.45, 7) is 8.04. The highest BCUT2D eigenvalue weighted by molar-refractivity contribution is 5.91. The maximum Gasteiger partial charge on any atom is 0.338 e. The van der Waals surface area contributed by atoms with Crippen LogP contribution in [0.25, 0.3) is 0 Å². The second-order valence-corrected chi connectivity index (χ2v) is 10.6. The monoisotopic (exact) mass is 476 g/mol. The van der Waals surface area contributed by atoms with Crippen LogP contribution in [0.1, 0.15) is 61.3 Å². The van der Waals surface area contributed by atoms with Gasteiger partial charge >= 0.3 is 11.9 Å². The van der Waals surface area contributed by atoms with Gasteiger partial charge in [-0.25, -0.2) is 9.59 Å². The molecule has 2 aliphatic heterocycles. The number of hydrogen-bond donors (Lipinski definition) is 0. The Balaban J connectivity index is 1.62. The number of rotatable bonds is 6. The van der Waals surface area contributed by atoms with Crippen LogP contribution < -0.4 is 0 Å². The lowest BCUT2D eigenvalue weighted by Crippen LogP contribution is -2.63. The van der Waals surface area contributed by atoms with Crippen LogP contribution in [0.5, 0.6) is 0 Å². The molecule has 2 aromatic rings. The van der Waals surface area contributed by atoms with Crippen molar-refractivity contribution in [3.63, 3.8) is 0 Å². The molecule has 2 bridgehead atoms. The SMILES string of the molecule is CC(C)C12OC(C(C)C)(C(OC(=O)c3ccccc3)C1OC(=O)c1ccccc1)C1C(=O)CCC12. The van der Waals surface area contributed by atoms with Crippen molar-refractivity contribution in [3.05, 3.63) is 71.8 Å². The van der Waals surface area contributed by atoms with E-state index in [4.69, 9.17) is 14.2 Å². The van der Waals surface area contributed by atoms with Gasteiger partial charge in [-0.1, -0.05) is 64.1 Å². The molecular weight excluding hydrogens is 444 g/mol. The second-order valence-electron chi connectivity index (χ2n) is 10.6. The third-order valence-electron chi connectivity index (χ3n) is 8.33. The molecule has 6 atom stereocenters. The summed E-state index contributed by atoms with van der Waals surface area (Å²) in [7, 11) is 0. The van der Waals surface area contributed by atoms with Gasteiger partial charge < -0.3 is 14.2 Å². The Labute approximate surface area is 206 Å². The molecule has 0 N–H and O–H groups in total. The normalized spacial score (nSPS) is 33.3. The van der Waals surface area contributed by atoms with Crippen molar-refractivity contribution >= 4 is 17.7 Å². The molecular formula is C29H32O6.